The minimum Gasteiger partial charge on any atom is -0.313 e. The topological polar surface area (TPSA) is 37.8 Å². The first-order valence-corrected chi connectivity index (χ1v) is 6.55. The highest BCUT2D eigenvalue weighted by molar-refractivity contribution is 7.99. The fraction of sp³-hybridized carbons (Fsp3) is 0.600. The van der Waals surface area contributed by atoms with Crippen LogP contribution >= 0.6 is 35.8 Å². The Hall–Kier alpha value is -0.0300. The molecule has 1 fully saturated rings. The van der Waals surface area contributed by atoms with Gasteiger partial charge in [0.1, 0.15) is 16.5 Å². The van der Waals surface area contributed by atoms with Gasteiger partial charge in [-0.1, -0.05) is 18.0 Å². The maximum Gasteiger partial charge on any atom is 0.133 e. The maximum atomic E-state index is 5.79. The van der Waals surface area contributed by atoms with E-state index in [-0.39, 0.29) is 12.4 Å². The van der Waals surface area contributed by atoms with Crippen LogP contribution in [0.5, 0.6) is 0 Å². The van der Waals surface area contributed by atoms with E-state index in [1.807, 2.05) is 6.07 Å². The molecule has 16 heavy (non-hydrogen) atoms. The van der Waals surface area contributed by atoms with Gasteiger partial charge in [0.2, 0.25) is 0 Å². The average Bonchev–Trinajstić information content (AvgIpc) is 2.28. The second-order valence-corrected chi connectivity index (χ2v) is 5.06. The standard InChI is InChI=1S/C10H14ClN3S.ClH/c11-9-5-10(14-7-13-9)15-6-8-3-1-2-4-12-8;/h5,7-8,12H,1-4,6H2;1H. The molecule has 6 heteroatoms. The Balaban J connectivity index is 0.00000128. The van der Waals surface area contributed by atoms with Crippen LogP contribution < -0.4 is 5.32 Å². The van der Waals surface area contributed by atoms with Gasteiger partial charge in [-0.05, 0) is 19.4 Å². The van der Waals surface area contributed by atoms with E-state index in [0.29, 0.717) is 11.2 Å². The predicted molar refractivity (Wildman–Crippen MR) is 70.7 cm³/mol. The number of hydrogen-bond donors (Lipinski definition) is 1. The lowest BCUT2D eigenvalue weighted by molar-refractivity contribution is 0.430. The Labute approximate surface area is 111 Å². The molecule has 0 bridgehead atoms. The van der Waals surface area contributed by atoms with Gasteiger partial charge in [0, 0.05) is 17.9 Å². The van der Waals surface area contributed by atoms with Crippen molar-refractivity contribution in [1.29, 1.82) is 0 Å². The summed E-state index contributed by atoms with van der Waals surface area (Å²) in [4.78, 5) is 8.02. The fourth-order valence-electron chi connectivity index (χ4n) is 1.65. The van der Waals surface area contributed by atoms with E-state index in [1.54, 1.807) is 11.8 Å². The van der Waals surface area contributed by atoms with Crippen LogP contribution in [0, 0.1) is 0 Å². The third-order valence-corrected chi connectivity index (χ3v) is 3.75. The van der Waals surface area contributed by atoms with E-state index in [2.05, 4.69) is 15.3 Å². The molecule has 1 aromatic heterocycles. The Morgan fingerprint density at radius 1 is 1.44 bits per heavy atom. The molecule has 1 atom stereocenters. The zero-order valence-electron chi connectivity index (χ0n) is 8.86. The number of piperidine rings is 1. The fourth-order valence-corrected chi connectivity index (χ4v) is 2.83. The van der Waals surface area contributed by atoms with Gasteiger partial charge in [0.25, 0.3) is 0 Å². The normalized spacial score (nSPS) is 20.2. The molecular formula is C10H15Cl2N3S. The van der Waals surface area contributed by atoms with Crippen molar-refractivity contribution in [2.45, 2.75) is 30.3 Å². The Morgan fingerprint density at radius 3 is 3.00 bits per heavy atom. The van der Waals surface area contributed by atoms with Gasteiger partial charge >= 0.3 is 0 Å². The van der Waals surface area contributed by atoms with E-state index in [9.17, 15) is 0 Å². The highest BCUT2D eigenvalue weighted by atomic mass is 35.5. The van der Waals surface area contributed by atoms with Crippen molar-refractivity contribution in [3.8, 4) is 0 Å². The molecule has 3 nitrogen and oxygen atoms in total. The van der Waals surface area contributed by atoms with Crippen LogP contribution in [0.4, 0.5) is 0 Å². The van der Waals surface area contributed by atoms with Gasteiger partial charge in [-0.3, -0.25) is 0 Å². The maximum absolute atomic E-state index is 5.79. The van der Waals surface area contributed by atoms with Crippen LogP contribution in [0.15, 0.2) is 17.4 Å². The molecule has 0 spiro atoms. The first kappa shape index (κ1) is 14.0. The van der Waals surface area contributed by atoms with E-state index >= 15 is 0 Å². The molecule has 0 radical (unpaired) electrons. The minimum atomic E-state index is 0. The molecule has 0 amide bonds. The number of halogens is 2. The Kier molecular flexibility index (Phi) is 6.43. The lowest BCUT2D eigenvalue weighted by atomic mass is 10.1. The lowest BCUT2D eigenvalue weighted by Gasteiger charge is -2.22. The number of nitrogens with one attached hydrogen (secondary N) is 1. The highest BCUT2D eigenvalue weighted by Crippen LogP contribution is 2.20. The molecule has 1 N–H and O–H groups in total. The summed E-state index contributed by atoms with van der Waals surface area (Å²) in [6.07, 6.45) is 5.42. The summed E-state index contributed by atoms with van der Waals surface area (Å²) >= 11 is 7.53. The van der Waals surface area contributed by atoms with Gasteiger partial charge in [-0.2, -0.15) is 0 Å². The molecule has 1 aliphatic rings. The van der Waals surface area contributed by atoms with Crippen molar-refractivity contribution >= 4 is 35.8 Å². The number of nitrogens with zero attached hydrogens (tertiary/aromatic N) is 2. The molecular weight excluding hydrogens is 265 g/mol. The number of aromatic nitrogens is 2. The predicted octanol–water partition coefficient (Wildman–Crippen LogP) is 2.79. The van der Waals surface area contributed by atoms with Gasteiger partial charge in [0.15, 0.2) is 0 Å². The molecule has 1 unspecified atom stereocenters. The summed E-state index contributed by atoms with van der Waals surface area (Å²) in [7, 11) is 0. The summed E-state index contributed by atoms with van der Waals surface area (Å²) in [6, 6.07) is 2.44. The molecule has 1 saturated heterocycles. The second-order valence-electron chi connectivity index (χ2n) is 3.64. The second kappa shape index (κ2) is 7.33. The zero-order chi connectivity index (χ0) is 10.5. The number of hydrogen-bond acceptors (Lipinski definition) is 4. The summed E-state index contributed by atoms with van der Waals surface area (Å²) in [5.74, 6) is 1.06. The monoisotopic (exact) mass is 279 g/mol. The molecule has 1 aliphatic heterocycles. The van der Waals surface area contributed by atoms with Crippen molar-refractivity contribution in [2.75, 3.05) is 12.3 Å². The highest BCUT2D eigenvalue weighted by Gasteiger charge is 2.12. The van der Waals surface area contributed by atoms with Crippen LogP contribution in [-0.2, 0) is 0 Å². The van der Waals surface area contributed by atoms with Crippen molar-refractivity contribution < 1.29 is 0 Å². The minimum absolute atomic E-state index is 0. The van der Waals surface area contributed by atoms with Gasteiger partial charge in [0.05, 0.1) is 0 Å². The van der Waals surface area contributed by atoms with E-state index in [1.165, 1.54) is 25.6 Å². The Bertz CT molecular complexity index is 319. The van der Waals surface area contributed by atoms with Crippen LogP contribution in [-0.4, -0.2) is 28.3 Å². The SMILES string of the molecule is Cl.Clc1cc(SCC2CCCCN2)ncn1. The summed E-state index contributed by atoms with van der Waals surface area (Å²) in [6.45, 7) is 1.15. The van der Waals surface area contributed by atoms with Crippen molar-refractivity contribution in [3.05, 3.63) is 17.5 Å². The number of rotatable bonds is 3. The van der Waals surface area contributed by atoms with E-state index < -0.39 is 0 Å². The van der Waals surface area contributed by atoms with Crippen LogP contribution in [0.2, 0.25) is 5.15 Å². The summed E-state index contributed by atoms with van der Waals surface area (Å²) in [5, 5.41) is 4.98. The first-order valence-electron chi connectivity index (χ1n) is 5.18. The smallest absolute Gasteiger partial charge is 0.133 e. The molecule has 0 aliphatic carbocycles. The third kappa shape index (κ3) is 4.45. The van der Waals surface area contributed by atoms with Crippen molar-refractivity contribution in [1.82, 2.24) is 15.3 Å². The van der Waals surface area contributed by atoms with Crippen LogP contribution in [0.25, 0.3) is 0 Å². The molecule has 0 saturated carbocycles. The van der Waals surface area contributed by atoms with Crippen molar-refractivity contribution in [3.63, 3.8) is 0 Å². The van der Waals surface area contributed by atoms with E-state index in [4.69, 9.17) is 11.6 Å². The molecule has 2 rings (SSSR count). The number of thioether (sulfide) groups is 1. The average molecular weight is 280 g/mol. The molecule has 1 aromatic rings. The molecule has 2 heterocycles. The zero-order valence-corrected chi connectivity index (χ0v) is 11.2. The quantitative estimate of drug-likeness (QED) is 0.682. The van der Waals surface area contributed by atoms with Gasteiger partial charge < -0.3 is 5.32 Å². The lowest BCUT2D eigenvalue weighted by Crippen LogP contribution is -2.35. The first-order chi connectivity index (χ1) is 7.34. The Morgan fingerprint density at radius 2 is 2.31 bits per heavy atom. The van der Waals surface area contributed by atoms with Gasteiger partial charge in [-0.15, -0.1) is 24.2 Å². The van der Waals surface area contributed by atoms with Crippen LogP contribution in [0.1, 0.15) is 19.3 Å². The molecule has 90 valence electrons. The molecule has 0 aromatic carbocycles. The van der Waals surface area contributed by atoms with E-state index in [0.717, 1.165) is 17.3 Å². The third-order valence-electron chi connectivity index (χ3n) is 2.45. The van der Waals surface area contributed by atoms with Crippen LogP contribution in [0.3, 0.4) is 0 Å². The van der Waals surface area contributed by atoms with Crippen molar-refractivity contribution in [2.24, 2.45) is 0 Å². The summed E-state index contributed by atoms with van der Waals surface area (Å²) < 4.78 is 0. The summed E-state index contributed by atoms with van der Waals surface area (Å²) in [5.41, 5.74) is 0. The van der Waals surface area contributed by atoms with Gasteiger partial charge in [-0.25, -0.2) is 9.97 Å². The largest absolute Gasteiger partial charge is 0.313 e.